The van der Waals surface area contributed by atoms with Crippen molar-refractivity contribution in [1.82, 2.24) is 5.32 Å². The van der Waals surface area contributed by atoms with E-state index in [1.807, 2.05) is 13.0 Å². The third-order valence-corrected chi connectivity index (χ3v) is 5.22. The fraction of sp³-hybridized carbons (Fsp3) is 0.0909. The molecule has 5 nitrogen and oxygen atoms in total. The van der Waals surface area contributed by atoms with Crippen LogP contribution in [0.15, 0.2) is 59.0 Å². The highest BCUT2D eigenvalue weighted by molar-refractivity contribution is 7.80. The monoisotopic (exact) mass is 460 g/mol. The number of phenolic OH excluding ortho intramolecular Hbond substituents is 1. The lowest BCUT2D eigenvalue weighted by atomic mass is 10.1. The number of aryl methyl sites for hydroxylation is 1. The minimum atomic E-state index is -0.447. The van der Waals surface area contributed by atoms with Gasteiger partial charge in [0.2, 0.25) is 5.91 Å². The predicted molar refractivity (Wildman–Crippen MR) is 125 cm³/mol. The topological polar surface area (TPSA) is 74.5 Å². The van der Waals surface area contributed by atoms with Crippen LogP contribution in [0.5, 0.6) is 5.75 Å². The van der Waals surface area contributed by atoms with Gasteiger partial charge in [0.05, 0.1) is 15.7 Å². The number of rotatable bonds is 5. The first-order valence-electron chi connectivity index (χ1n) is 9.03. The molecule has 3 N–H and O–H groups in total. The molecule has 0 saturated carbocycles. The molecule has 1 aromatic heterocycles. The summed E-state index contributed by atoms with van der Waals surface area (Å²) in [7, 11) is 0. The van der Waals surface area contributed by atoms with Gasteiger partial charge in [-0.15, -0.1) is 0 Å². The van der Waals surface area contributed by atoms with Crippen LogP contribution in [-0.2, 0) is 11.2 Å². The molecule has 0 fully saturated rings. The Balaban J connectivity index is 1.62. The zero-order valence-corrected chi connectivity index (χ0v) is 18.2. The molecule has 1 amide bonds. The number of phenols is 1. The maximum absolute atomic E-state index is 12.1. The molecule has 3 aromatic rings. The Kier molecular flexibility index (Phi) is 7.15. The first kappa shape index (κ1) is 21.9. The van der Waals surface area contributed by atoms with Crippen molar-refractivity contribution in [3.63, 3.8) is 0 Å². The standard InChI is InChI=1S/C22H18Cl2N2O3S/c1-2-13-6-9-18(27)17(12-13)25-22(30)26-20(28)11-8-14-7-10-19(29-14)15-4-3-5-16(23)21(15)24/h3-12,27H,2H2,1H3,(H2,25,26,28,30). The molecule has 0 aliphatic carbocycles. The summed E-state index contributed by atoms with van der Waals surface area (Å²) in [5.74, 6) is 0.592. The zero-order valence-electron chi connectivity index (χ0n) is 15.9. The molecule has 0 aliphatic rings. The summed E-state index contributed by atoms with van der Waals surface area (Å²) < 4.78 is 5.71. The molecule has 154 valence electrons. The van der Waals surface area contributed by atoms with Crippen molar-refractivity contribution in [1.29, 1.82) is 0 Å². The number of furan rings is 1. The number of carbonyl (C=O) groups is 1. The van der Waals surface area contributed by atoms with Gasteiger partial charge in [-0.2, -0.15) is 0 Å². The highest BCUT2D eigenvalue weighted by Gasteiger charge is 2.11. The Bertz CT molecular complexity index is 1130. The van der Waals surface area contributed by atoms with E-state index >= 15 is 0 Å². The average Bonchev–Trinajstić information content (AvgIpc) is 3.19. The molecule has 2 aromatic carbocycles. The van der Waals surface area contributed by atoms with Gasteiger partial charge in [0.15, 0.2) is 5.11 Å². The van der Waals surface area contributed by atoms with E-state index < -0.39 is 5.91 Å². The SMILES string of the molecule is CCc1ccc(O)c(NC(=S)NC(=O)C=Cc2ccc(-c3cccc(Cl)c3Cl)o2)c1. The molecule has 0 radical (unpaired) electrons. The summed E-state index contributed by atoms with van der Waals surface area (Å²) in [4.78, 5) is 12.1. The lowest BCUT2D eigenvalue weighted by Gasteiger charge is -2.11. The van der Waals surface area contributed by atoms with Gasteiger partial charge in [-0.25, -0.2) is 0 Å². The number of hydrogen-bond acceptors (Lipinski definition) is 4. The molecular weight excluding hydrogens is 443 g/mol. The lowest BCUT2D eigenvalue weighted by Crippen LogP contribution is -2.32. The molecule has 1 heterocycles. The second-order valence-electron chi connectivity index (χ2n) is 6.29. The van der Waals surface area contributed by atoms with Crippen molar-refractivity contribution in [2.75, 3.05) is 5.32 Å². The Morgan fingerprint density at radius 2 is 2.00 bits per heavy atom. The minimum Gasteiger partial charge on any atom is -0.506 e. The predicted octanol–water partition coefficient (Wildman–Crippen LogP) is 6.05. The van der Waals surface area contributed by atoms with Crippen molar-refractivity contribution < 1.29 is 14.3 Å². The van der Waals surface area contributed by atoms with Crippen LogP contribution in [0.3, 0.4) is 0 Å². The van der Waals surface area contributed by atoms with Crippen LogP contribution in [0.25, 0.3) is 17.4 Å². The summed E-state index contributed by atoms with van der Waals surface area (Å²) in [6, 6.07) is 13.9. The molecule has 0 bridgehead atoms. The van der Waals surface area contributed by atoms with Crippen LogP contribution < -0.4 is 10.6 Å². The minimum absolute atomic E-state index is 0.0436. The third kappa shape index (κ3) is 5.42. The third-order valence-electron chi connectivity index (χ3n) is 4.20. The fourth-order valence-electron chi connectivity index (χ4n) is 2.65. The summed E-state index contributed by atoms with van der Waals surface area (Å²) in [5.41, 5.74) is 2.11. The number of benzene rings is 2. The number of anilines is 1. The zero-order chi connectivity index (χ0) is 21.7. The number of thiocarbonyl (C=S) groups is 1. The van der Waals surface area contributed by atoms with Gasteiger partial charge in [0.25, 0.3) is 0 Å². The highest BCUT2D eigenvalue weighted by Crippen LogP contribution is 2.34. The quantitative estimate of drug-likeness (QED) is 0.245. The van der Waals surface area contributed by atoms with E-state index in [1.165, 1.54) is 12.2 Å². The van der Waals surface area contributed by atoms with E-state index in [2.05, 4.69) is 10.6 Å². The first-order valence-corrected chi connectivity index (χ1v) is 10.2. The Hall–Kier alpha value is -2.80. The maximum Gasteiger partial charge on any atom is 0.250 e. The highest BCUT2D eigenvalue weighted by atomic mass is 35.5. The molecule has 8 heteroatoms. The van der Waals surface area contributed by atoms with E-state index in [0.717, 1.165) is 12.0 Å². The Morgan fingerprint density at radius 1 is 1.20 bits per heavy atom. The first-order chi connectivity index (χ1) is 14.4. The van der Waals surface area contributed by atoms with Crippen LogP contribution in [0.4, 0.5) is 5.69 Å². The van der Waals surface area contributed by atoms with E-state index in [4.69, 9.17) is 39.8 Å². The van der Waals surface area contributed by atoms with Crippen LogP contribution in [0.2, 0.25) is 10.0 Å². The summed E-state index contributed by atoms with van der Waals surface area (Å²) >= 11 is 17.4. The van der Waals surface area contributed by atoms with Gasteiger partial charge >= 0.3 is 0 Å². The lowest BCUT2D eigenvalue weighted by molar-refractivity contribution is -0.115. The van der Waals surface area contributed by atoms with Gasteiger partial charge in [-0.05, 0) is 66.7 Å². The Labute approximate surface area is 189 Å². The average molecular weight is 461 g/mol. The van der Waals surface area contributed by atoms with E-state index in [-0.39, 0.29) is 10.9 Å². The van der Waals surface area contributed by atoms with Crippen molar-refractivity contribution >= 4 is 58.2 Å². The number of carbonyl (C=O) groups excluding carboxylic acids is 1. The van der Waals surface area contributed by atoms with E-state index in [1.54, 1.807) is 42.5 Å². The molecule has 0 saturated heterocycles. The van der Waals surface area contributed by atoms with E-state index in [0.29, 0.717) is 32.8 Å². The second-order valence-corrected chi connectivity index (χ2v) is 7.48. The van der Waals surface area contributed by atoms with Gasteiger partial charge in [-0.3, -0.25) is 10.1 Å². The number of nitrogens with one attached hydrogen (secondary N) is 2. The molecule has 0 atom stereocenters. The largest absolute Gasteiger partial charge is 0.506 e. The van der Waals surface area contributed by atoms with Crippen LogP contribution in [-0.4, -0.2) is 16.1 Å². The molecule has 0 unspecified atom stereocenters. The smallest absolute Gasteiger partial charge is 0.250 e. The van der Waals surface area contributed by atoms with E-state index in [9.17, 15) is 9.90 Å². The fourth-order valence-corrected chi connectivity index (χ4v) is 3.25. The molecule has 0 spiro atoms. The van der Waals surface area contributed by atoms with Crippen LogP contribution >= 0.6 is 35.4 Å². The molecule has 0 aliphatic heterocycles. The van der Waals surface area contributed by atoms with Gasteiger partial charge in [0, 0.05) is 11.6 Å². The van der Waals surface area contributed by atoms with Crippen molar-refractivity contribution in [2.24, 2.45) is 0 Å². The van der Waals surface area contributed by atoms with Crippen molar-refractivity contribution in [2.45, 2.75) is 13.3 Å². The van der Waals surface area contributed by atoms with Crippen molar-refractivity contribution in [3.8, 4) is 17.1 Å². The molecule has 30 heavy (non-hydrogen) atoms. The van der Waals surface area contributed by atoms with Gasteiger partial charge < -0.3 is 14.8 Å². The number of aromatic hydroxyl groups is 1. The number of hydrogen-bond donors (Lipinski definition) is 3. The number of halogens is 2. The summed E-state index contributed by atoms with van der Waals surface area (Å²) in [6.07, 6.45) is 3.61. The summed E-state index contributed by atoms with van der Waals surface area (Å²) in [6.45, 7) is 2.00. The second kappa shape index (κ2) is 9.80. The van der Waals surface area contributed by atoms with Gasteiger partial charge in [0.1, 0.15) is 17.3 Å². The Morgan fingerprint density at radius 3 is 2.77 bits per heavy atom. The molecule has 3 rings (SSSR count). The van der Waals surface area contributed by atoms with Crippen molar-refractivity contribution in [3.05, 3.63) is 76.0 Å². The summed E-state index contributed by atoms with van der Waals surface area (Å²) in [5, 5.41) is 16.2. The van der Waals surface area contributed by atoms with Gasteiger partial charge in [-0.1, -0.05) is 42.3 Å². The van der Waals surface area contributed by atoms with Crippen LogP contribution in [0.1, 0.15) is 18.2 Å². The number of amides is 1. The normalized spacial score (nSPS) is 10.9. The molecular formula is C22H18Cl2N2O3S. The van der Waals surface area contributed by atoms with Crippen LogP contribution in [0, 0.1) is 0 Å². The maximum atomic E-state index is 12.1.